The number of ether oxygens (including phenoxy) is 2. The number of hydrogen-bond acceptors (Lipinski definition) is 4. The molecule has 0 amide bonds. The van der Waals surface area contributed by atoms with Crippen molar-refractivity contribution in [2.45, 2.75) is 89.4 Å². The Bertz CT molecular complexity index is 1140. The Labute approximate surface area is 216 Å². The van der Waals surface area contributed by atoms with E-state index in [2.05, 4.69) is 44.2 Å². The third-order valence-electron chi connectivity index (χ3n) is 8.46. The first-order valence-corrected chi connectivity index (χ1v) is 13.6. The number of Topliss-reactive ketones (excluding diaryl/α,β-unsaturated/α-hetero) is 1. The summed E-state index contributed by atoms with van der Waals surface area (Å²) in [6.45, 7) is 4.34. The predicted molar refractivity (Wildman–Crippen MR) is 144 cm³/mol. The zero-order chi connectivity index (χ0) is 25.7. The molecule has 0 aromatic heterocycles. The molecule has 0 saturated heterocycles. The van der Waals surface area contributed by atoms with Crippen molar-refractivity contribution >= 4 is 11.6 Å². The predicted octanol–water partition coefficient (Wildman–Crippen LogP) is 7.06. The maximum absolute atomic E-state index is 11.9. The van der Waals surface area contributed by atoms with Gasteiger partial charge in [-0.25, -0.2) is 0 Å². The van der Waals surface area contributed by atoms with Gasteiger partial charge in [0.15, 0.2) is 5.78 Å². The number of benzene rings is 2. The van der Waals surface area contributed by atoms with Crippen LogP contribution in [-0.4, -0.2) is 25.8 Å². The van der Waals surface area contributed by atoms with Crippen LogP contribution < -0.4 is 9.47 Å². The Hall–Kier alpha value is -2.88. The van der Waals surface area contributed by atoms with Crippen molar-refractivity contribution in [3.63, 3.8) is 0 Å². The van der Waals surface area contributed by atoms with E-state index in [0.29, 0.717) is 18.0 Å². The normalized spacial score (nSPS) is 23.0. The largest absolute Gasteiger partial charge is 0.497 e. The molecule has 192 valence electrons. The molecule has 5 rings (SSSR count). The molecular formula is C32H40O4. The number of carbonyl (C=O) groups excluding carboxylic acids is 2. The van der Waals surface area contributed by atoms with Gasteiger partial charge in [0.25, 0.3) is 0 Å². The van der Waals surface area contributed by atoms with Gasteiger partial charge in [0.05, 0.1) is 14.2 Å². The number of aryl methyl sites for hydroxylation is 2. The molecule has 0 saturated carbocycles. The molecule has 0 heterocycles. The number of allylic oxidation sites excluding steroid dienone is 2. The third kappa shape index (κ3) is 5.14. The lowest BCUT2D eigenvalue weighted by molar-refractivity contribution is -0.120. The van der Waals surface area contributed by atoms with E-state index in [1.807, 2.05) is 12.1 Å². The van der Waals surface area contributed by atoms with Crippen molar-refractivity contribution in [2.75, 3.05) is 14.2 Å². The maximum Gasteiger partial charge on any atom is 0.155 e. The second kappa shape index (κ2) is 11.5. The Balaban J connectivity index is 0.000000174. The average molecular weight is 489 g/mol. The second-order valence-electron chi connectivity index (χ2n) is 10.3. The number of rotatable bonds is 4. The van der Waals surface area contributed by atoms with E-state index in [4.69, 9.17) is 9.47 Å². The molecule has 0 radical (unpaired) electrons. The Morgan fingerprint density at radius 2 is 1.50 bits per heavy atom. The fourth-order valence-corrected chi connectivity index (χ4v) is 6.47. The van der Waals surface area contributed by atoms with E-state index < -0.39 is 0 Å². The van der Waals surface area contributed by atoms with Crippen molar-refractivity contribution in [3.05, 3.63) is 70.3 Å². The van der Waals surface area contributed by atoms with Gasteiger partial charge in [0.2, 0.25) is 0 Å². The lowest BCUT2D eigenvalue weighted by Crippen LogP contribution is -2.32. The van der Waals surface area contributed by atoms with Gasteiger partial charge in [-0.05, 0) is 104 Å². The third-order valence-corrected chi connectivity index (χ3v) is 8.46. The molecular weight excluding hydrogens is 448 g/mol. The molecule has 36 heavy (non-hydrogen) atoms. The first-order valence-electron chi connectivity index (χ1n) is 13.6. The highest BCUT2D eigenvalue weighted by Crippen LogP contribution is 2.48. The van der Waals surface area contributed by atoms with Crippen LogP contribution in [0.15, 0.2) is 48.0 Å². The zero-order valence-corrected chi connectivity index (χ0v) is 22.3. The summed E-state index contributed by atoms with van der Waals surface area (Å²) in [5.74, 6) is 2.63. The summed E-state index contributed by atoms with van der Waals surface area (Å²) < 4.78 is 10.6. The topological polar surface area (TPSA) is 52.6 Å². The molecule has 4 nitrogen and oxygen atoms in total. The zero-order valence-electron chi connectivity index (χ0n) is 22.3. The van der Waals surface area contributed by atoms with Crippen LogP contribution in [0.5, 0.6) is 11.5 Å². The number of methoxy groups -OCH3 is 2. The van der Waals surface area contributed by atoms with E-state index in [-0.39, 0.29) is 11.3 Å². The van der Waals surface area contributed by atoms with Crippen molar-refractivity contribution in [2.24, 2.45) is 0 Å². The van der Waals surface area contributed by atoms with Crippen molar-refractivity contribution in [1.29, 1.82) is 0 Å². The van der Waals surface area contributed by atoms with Crippen LogP contribution >= 0.6 is 0 Å². The molecule has 2 atom stereocenters. The molecule has 0 spiro atoms. The van der Waals surface area contributed by atoms with Crippen LogP contribution in [0.1, 0.15) is 93.4 Å². The van der Waals surface area contributed by atoms with Crippen molar-refractivity contribution < 1.29 is 19.1 Å². The molecule has 0 N–H and O–H groups in total. The monoisotopic (exact) mass is 488 g/mol. The molecule has 3 aliphatic carbocycles. The molecule has 2 aromatic rings. The molecule has 0 aliphatic heterocycles. The quantitative estimate of drug-likeness (QED) is 0.432. The van der Waals surface area contributed by atoms with Gasteiger partial charge >= 0.3 is 0 Å². The summed E-state index contributed by atoms with van der Waals surface area (Å²) >= 11 is 0. The minimum Gasteiger partial charge on any atom is -0.497 e. The number of hydrogen-bond donors (Lipinski definition) is 0. The maximum atomic E-state index is 11.9. The summed E-state index contributed by atoms with van der Waals surface area (Å²) in [7, 11) is 3.40. The van der Waals surface area contributed by atoms with Gasteiger partial charge in [0.1, 0.15) is 17.3 Å². The van der Waals surface area contributed by atoms with Gasteiger partial charge < -0.3 is 9.47 Å². The summed E-state index contributed by atoms with van der Waals surface area (Å²) in [5, 5.41) is 0. The number of fused-ring (bicyclic) bond motifs is 4. The van der Waals surface area contributed by atoms with Gasteiger partial charge in [-0.15, -0.1) is 0 Å². The van der Waals surface area contributed by atoms with E-state index >= 15 is 0 Å². The summed E-state index contributed by atoms with van der Waals surface area (Å²) in [4.78, 5) is 23.7. The lowest BCUT2D eigenvalue weighted by Gasteiger charge is -2.38. The van der Waals surface area contributed by atoms with Crippen molar-refractivity contribution in [3.8, 4) is 11.5 Å². The summed E-state index contributed by atoms with van der Waals surface area (Å²) in [6.07, 6.45) is 11.5. The molecule has 2 aromatic carbocycles. The Morgan fingerprint density at radius 1 is 0.833 bits per heavy atom. The fourth-order valence-electron chi connectivity index (χ4n) is 6.47. The molecule has 2 unspecified atom stereocenters. The van der Waals surface area contributed by atoms with Crippen LogP contribution in [0.2, 0.25) is 0 Å². The Kier molecular flexibility index (Phi) is 8.33. The van der Waals surface area contributed by atoms with Crippen LogP contribution in [-0.2, 0) is 27.8 Å². The SMILES string of the molecule is CCC12CCC(=O)C=C1CCCc1cc(OC)ccc12.CCC1C(=O)CCCc2cc(OC)ccc21. The highest BCUT2D eigenvalue weighted by atomic mass is 16.5. The van der Waals surface area contributed by atoms with E-state index in [1.54, 1.807) is 14.2 Å². The fraction of sp³-hybridized carbons (Fsp3) is 0.500. The standard InChI is InChI=1S/C18H22O2.C14H18O2/c1-3-18-10-9-15(19)12-14(18)6-4-5-13-11-16(20-2)7-8-17(13)18;1-3-12-13-8-7-11(16-2)9-10(13)5-4-6-14(12)15/h7-8,11-12H,3-6,9-10H2,1-2H3;7-9,12H,3-6H2,1-2H3. The van der Waals surface area contributed by atoms with Gasteiger partial charge in [-0.3, -0.25) is 9.59 Å². The molecule has 0 bridgehead atoms. The summed E-state index contributed by atoms with van der Waals surface area (Å²) in [6, 6.07) is 12.6. The van der Waals surface area contributed by atoms with Gasteiger partial charge in [-0.1, -0.05) is 31.6 Å². The molecule has 3 aliphatic rings. The summed E-state index contributed by atoms with van der Waals surface area (Å²) in [5.41, 5.74) is 6.79. The van der Waals surface area contributed by atoms with E-state index in [9.17, 15) is 9.59 Å². The van der Waals surface area contributed by atoms with Gasteiger partial charge in [0, 0.05) is 24.2 Å². The van der Waals surface area contributed by atoms with Crippen LogP contribution in [0.25, 0.3) is 0 Å². The highest BCUT2D eigenvalue weighted by Gasteiger charge is 2.40. The number of ketones is 2. The first-order chi connectivity index (χ1) is 17.4. The minimum absolute atomic E-state index is 0.0893. The second-order valence-corrected chi connectivity index (χ2v) is 10.3. The molecule has 0 fully saturated rings. The smallest absolute Gasteiger partial charge is 0.155 e. The van der Waals surface area contributed by atoms with E-state index in [1.165, 1.54) is 27.8 Å². The highest BCUT2D eigenvalue weighted by molar-refractivity contribution is 5.92. The van der Waals surface area contributed by atoms with Crippen LogP contribution in [0, 0.1) is 0 Å². The first kappa shape index (κ1) is 26.2. The van der Waals surface area contributed by atoms with E-state index in [0.717, 1.165) is 69.3 Å². The van der Waals surface area contributed by atoms with Crippen LogP contribution in [0.3, 0.4) is 0 Å². The number of carbonyl (C=O) groups is 2. The minimum atomic E-state index is 0.0893. The van der Waals surface area contributed by atoms with Crippen LogP contribution in [0.4, 0.5) is 0 Å². The Morgan fingerprint density at radius 3 is 2.19 bits per heavy atom. The lowest BCUT2D eigenvalue weighted by atomic mass is 9.65. The van der Waals surface area contributed by atoms with Crippen molar-refractivity contribution in [1.82, 2.24) is 0 Å². The van der Waals surface area contributed by atoms with Gasteiger partial charge in [-0.2, -0.15) is 0 Å². The molecule has 4 heteroatoms. The average Bonchev–Trinajstić information content (AvgIpc) is 3.16.